The van der Waals surface area contributed by atoms with E-state index >= 15 is 0 Å². The van der Waals surface area contributed by atoms with Gasteiger partial charge in [-0.25, -0.2) is 0 Å². The highest BCUT2D eigenvalue weighted by molar-refractivity contribution is 5.77. The summed E-state index contributed by atoms with van der Waals surface area (Å²) in [6.45, 7) is 3.99. The van der Waals surface area contributed by atoms with Gasteiger partial charge in [-0.2, -0.15) is 0 Å². The molecule has 2 aromatic carbocycles. The summed E-state index contributed by atoms with van der Waals surface area (Å²) in [6, 6.07) is 16.8. The SMILES string of the molecule is CC1(C)Cc2cccc(OCC(=O)NC[C@@H](O)c3ccc(-c4ccco4)cc3)c2O1. The lowest BCUT2D eigenvalue weighted by molar-refractivity contribution is -0.123. The molecular weight excluding hydrogens is 382 g/mol. The first kappa shape index (κ1) is 20.0. The normalized spacial score (nSPS) is 15.2. The van der Waals surface area contributed by atoms with Crippen LogP contribution in [0.4, 0.5) is 0 Å². The molecule has 6 nitrogen and oxygen atoms in total. The lowest BCUT2D eigenvalue weighted by Crippen LogP contribution is -2.32. The lowest BCUT2D eigenvalue weighted by Gasteiger charge is -2.18. The van der Waals surface area contributed by atoms with Crippen molar-refractivity contribution in [1.82, 2.24) is 5.32 Å². The number of ether oxygens (including phenoxy) is 2. The molecule has 2 N–H and O–H groups in total. The smallest absolute Gasteiger partial charge is 0.258 e. The number of rotatable bonds is 7. The first-order chi connectivity index (χ1) is 14.4. The van der Waals surface area contributed by atoms with Crippen molar-refractivity contribution in [3.8, 4) is 22.8 Å². The number of aliphatic hydroxyl groups is 1. The van der Waals surface area contributed by atoms with Crippen molar-refractivity contribution in [2.24, 2.45) is 0 Å². The van der Waals surface area contributed by atoms with Crippen molar-refractivity contribution in [1.29, 1.82) is 0 Å². The third-order valence-electron chi connectivity index (χ3n) is 5.01. The number of nitrogens with one attached hydrogen (secondary N) is 1. The van der Waals surface area contributed by atoms with Gasteiger partial charge < -0.3 is 24.3 Å². The fraction of sp³-hybridized carbons (Fsp3) is 0.292. The van der Waals surface area contributed by atoms with Gasteiger partial charge in [-0.15, -0.1) is 0 Å². The van der Waals surface area contributed by atoms with E-state index in [1.807, 2.05) is 62.4 Å². The molecule has 1 aliphatic rings. The molecule has 1 amide bonds. The largest absolute Gasteiger partial charge is 0.483 e. The van der Waals surface area contributed by atoms with Gasteiger partial charge in [-0.05, 0) is 37.6 Å². The lowest BCUT2D eigenvalue weighted by atomic mass is 10.0. The molecule has 0 radical (unpaired) electrons. The zero-order valence-corrected chi connectivity index (χ0v) is 17.1. The number of aliphatic hydroxyl groups excluding tert-OH is 1. The molecule has 30 heavy (non-hydrogen) atoms. The third-order valence-corrected chi connectivity index (χ3v) is 5.01. The molecule has 0 saturated heterocycles. The van der Waals surface area contributed by atoms with Gasteiger partial charge >= 0.3 is 0 Å². The Labute approximate surface area is 175 Å². The number of amides is 1. The Balaban J connectivity index is 1.28. The summed E-state index contributed by atoms with van der Waals surface area (Å²) in [5.74, 6) is 1.71. The maximum atomic E-state index is 12.2. The summed E-state index contributed by atoms with van der Waals surface area (Å²) in [7, 11) is 0. The fourth-order valence-electron chi connectivity index (χ4n) is 3.54. The molecule has 2 heterocycles. The number of benzene rings is 2. The summed E-state index contributed by atoms with van der Waals surface area (Å²) in [5, 5.41) is 13.1. The van der Waals surface area contributed by atoms with E-state index in [2.05, 4.69) is 5.32 Å². The molecule has 4 rings (SSSR count). The van der Waals surface area contributed by atoms with Crippen molar-refractivity contribution in [3.63, 3.8) is 0 Å². The zero-order valence-electron chi connectivity index (χ0n) is 17.1. The highest BCUT2D eigenvalue weighted by Gasteiger charge is 2.32. The van der Waals surface area contributed by atoms with Gasteiger partial charge in [0.25, 0.3) is 5.91 Å². The van der Waals surface area contributed by atoms with E-state index in [1.54, 1.807) is 12.3 Å². The Morgan fingerprint density at radius 2 is 1.97 bits per heavy atom. The Kier molecular flexibility index (Phi) is 5.50. The van der Waals surface area contributed by atoms with E-state index in [-0.39, 0.29) is 24.7 Å². The molecule has 0 unspecified atom stereocenters. The summed E-state index contributed by atoms with van der Waals surface area (Å²) in [5.41, 5.74) is 2.43. The number of hydrogen-bond acceptors (Lipinski definition) is 5. The van der Waals surface area contributed by atoms with Crippen molar-refractivity contribution in [2.75, 3.05) is 13.2 Å². The zero-order chi connectivity index (χ0) is 21.1. The van der Waals surface area contributed by atoms with Gasteiger partial charge in [0.2, 0.25) is 0 Å². The maximum absolute atomic E-state index is 12.2. The maximum Gasteiger partial charge on any atom is 0.258 e. The summed E-state index contributed by atoms with van der Waals surface area (Å²) >= 11 is 0. The Hall–Kier alpha value is -3.25. The van der Waals surface area contributed by atoms with E-state index in [0.29, 0.717) is 17.1 Å². The molecule has 0 fully saturated rings. The van der Waals surface area contributed by atoms with Crippen molar-refractivity contribution in [3.05, 3.63) is 72.0 Å². The van der Waals surface area contributed by atoms with Crippen LogP contribution in [0, 0.1) is 0 Å². The Morgan fingerprint density at radius 1 is 1.17 bits per heavy atom. The fourth-order valence-corrected chi connectivity index (χ4v) is 3.54. The van der Waals surface area contributed by atoms with Crippen LogP contribution in [-0.4, -0.2) is 29.8 Å². The first-order valence-corrected chi connectivity index (χ1v) is 9.94. The van der Waals surface area contributed by atoms with E-state index < -0.39 is 6.10 Å². The minimum Gasteiger partial charge on any atom is -0.483 e. The highest BCUT2D eigenvalue weighted by atomic mass is 16.5. The average Bonchev–Trinajstić information content (AvgIpc) is 3.37. The van der Waals surface area contributed by atoms with Crippen LogP contribution in [0.2, 0.25) is 0 Å². The number of furan rings is 1. The van der Waals surface area contributed by atoms with Crippen molar-refractivity contribution < 1.29 is 23.8 Å². The second kappa shape index (κ2) is 8.24. The van der Waals surface area contributed by atoms with Crippen LogP contribution in [0.5, 0.6) is 11.5 Å². The van der Waals surface area contributed by atoms with Gasteiger partial charge in [0.05, 0.1) is 12.4 Å². The van der Waals surface area contributed by atoms with E-state index in [4.69, 9.17) is 13.9 Å². The van der Waals surface area contributed by atoms with Gasteiger partial charge in [-0.1, -0.05) is 36.4 Å². The van der Waals surface area contributed by atoms with E-state index in [1.165, 1.54) is 0 Å². The van der Waals surface area contributed by atoms with Gasteiger partial charge in [0.15, 0.2) is 18.1 Å². The Bertz CT molecular complexity index is 1010. The molecule has 0 spiro atoms. The average molecular weight is 407 g/mol. The number of para-hydroxylation sites is 1. The minimum atomic E-state index is -0.815. The number of fused-ring (bicyclic) bond motifs is 1. The van der Waals surface area contributed by atoms with E-state index in [9.17, 15) is 9.90 Å². The summed E-state index contributed by atoms with van der Waals surface area (Å²) in [6.07, 6.45) is 1.60. The molecule has 0 saturated carbocycles. The standard InChI is InChI=1S/C24H25NO5/c1-24(2)13-18-5-3-6-21(23(18)30-24)29-15-22(27)25-14-19(26)16-8-10-17(11-9-16)20-7-4-12-28-20/h3-12,19,26H,13-15H2,1-2H3,(H,25,27)/t19-/m1/s1. The summed E-state index contributed by atoms with van der Waals surface area (Å²) < 4.78 is 17.0. The van der Waals surface area contributed by atoms with Crippen molar-refractivity contribution in [2.45, 2.75) is 32.0 Å². The van der Waals surface area contributed by atoms with Crippen LogP contribution in [0.3, 0.4) is 0 Å². The molecule has 6 heteroatoms. The molecule has 1 aromatic heterocycles. The van der Waals surface area contributed by atoms with Gasteiger partial charge in [0.1, 0.15) is 11.4 Å². The number of carbonyl (C=O) groups is 1. The Morgan fingerprint density at radius 3 is 2.70 bits per heavy atom. The molecule has 156 valence electrons. The molecule has 3 aromatic rings. The molecular formula is C24H25NO5. The number of hydrogen-bond donors (Lipinski definition) is 2. The quantitative estimate of drug-likeness (QED) is 0.621. The van der Waals surface area contributed by atoms with Crippen LogP contribution >= 0.6 is 0 Å². The molecule has 0 bridgehead atoms. The number of carbonyl (C=O) groups excluding carboxylic acids is 1. The predicted molar refractivity (Wildman–Crippen MR) is 112 cm³/mol. The van der Waals surface area contributed by atoms with Crippen LogP contribution in [0.25, 0.3) is 11.3 Å². The van der Waals surface area contributed by atoms with Crippen molar-refractivity contribution >= 4 is 5.91 Å². The predicted octanol–water partition coefficient (Wildman–Crippen LogP) is 3.89. The highest BCUT2D eigenvalue weighted by Crippen LogP contribution is 2.41. The monoisotopic (exact) mass is 407 g/mol. The van der Waals surface area contributed by atoms with Gasteiger partial charge in [0, 0.05) is 24.1 Å². The van der Waals surface area contributed by atoms with Gasteiger partial charge in [-0.3, -0.25) is 4.79 Å². The topological polar surface area (TPSA) is 80.9 Å². The summed E-state index contributed by atoms with van der Waals surface area (Å²) in [4.78, 5) is 12.2. The second-order valence-corrected chi connectivity index (χ2v) is 7.99. The third kappa shape index (κ3) is 4.49. The molecule has 1 aliphatic heterocycles. The van der Waals surface area contributed by atoms with Crippen LogP contribution in [-0.2, 0) is 11.2 Å². The molecule has 0 aliphatic carbocycles. The first-order valence-electron chi connectivity index (χ1n) is 9.94. The van der Waals surface area contributed by atoms with Crippen LogP contribution in [0.1, 0.15) is 31.1 Å². The van der Waals surface area contributed by atoms with E-state index in [0.717, 1.165) is 23.3 Å². The van der Waals surface area contributed by atoms with Crippen LogP contribution < -0.4 is 14.8 Å². The second-order valence-electron chi connectivity index (χ2n) is 7.99. The minimum absolute atomic E-state index is 0.0960. The van der Waals surface area contributed by atoms with Crippen LogP contribution in [0.15, 0.2) is 65.3 Å². The molecule has 1 atom stereocenters.